The topological polar surface area (TPSA) is 9.23 Å². The molecule has 0 aromatic rings. The van der Waals surface area contributed by atoms with Gasteiger partial charge in [-0.1, -0.05) is 0 Å². The summed E-state index contributed by atoms with van der Waals surface area (Å²) < 4.78 is 4.34. The number of rotatable bonds is 2. The van der Waals surface area contributed by atoms with Gasteiger partial charge in [-0.15, -0.1) is 0 Å². The molecule has 6 heavy (non-hydrogen) atoms. The zero-order chi connectivity index (χ0) is 4.41. The average Bonchev–Trinajstić information content (AvgIpc) is 2.21. The molecule has 0 amide bonds. The molecule has 0 saturated heterocycles. The van der Waals surface area contributed by atoms with Crippen molar-refractivity contribution in [2.75, 3.05) is 6.61 Å². The lowest BCUT2D eigenvalue weighted by Gasteiger charge is -1.83. The van der Waals surface area contributed by atoms with Gasteiger partial charge >= 0.3 is 0 Å². The fraction of sp³-hybridized carbons (Fsp3) is 1.00. The van der Waals surface area contributed by atoms with E-state index in [9.17, 15) is 0 Å². The Morgan fingerprint density at radius 2 is 2.33 bits per heavy atom. The molecule has 0 bridgehead atoms. The monoisotopic (exact) mass is 106 g/mol. The van der Waals surface area contributed by atoms with Crippen molar-refractivity contribution in [1.29, 1.82) is 0 Å². The van der Waals surface area contributed by atoms with Crippen molar-refractivity contribution in [2.45, 2.75) is 12.8 Å². The zero-order valence-electron chi connectivity index (χ0n) is 3.48. The van der Waals surface area contributed by atoms with Gasteiger partial charge in [0.05, 0.1) is 18.5 Å². The van der Waals surface area contributed by atoms with Crippen LogP contribution >= 0.6 is 11.9 Å². The van der Waals surface area contributed by atoms with Crippen LogP contribution < -0.4 is 0 Å². The van der Waals surface area contributed by atoms with E-state index in [4.69, 9.17) is 11.9 Å². The minimum atomic E-state index is 0.752. The first-order valence-electron chi connectivity index (χ1n) is 2.17. The Hall–Kier alpha value is 0.250. The molecule has 0 aromatic carbocycles. The summed E-state index contributed by atoms with van der Waals surface area (Å²) in [5, 5.41) is 0. The van der Waals surface area contributed by atoms with Gasteiger partial charge in [0.1, 0.15) is 0 Å². The Labute approximate surface area is 42.4 Å². The van der Waals surface area contributed by atoms with Crippen LogP contribution in [0.3, 0.4) is 0 Å². The highest BCUT2D eigenvalue weighted by Gasteiger charge is 2.20. The normalized spacial score (nSPS) is 21.5. The highest BCUT2D eigenvalue weighted by Crippen LogP contribution is 2.28. The molecule has 36 valence electrons. The Morgan fingerprint density at radius 3 is 2.50 bits per heavy atom. The van der Waals surface area contributed by atoms with Crippen molar-refractivity contribution in [3.8, 4) is 0 Å². The molecule has 0 radical (unpaired) electrons. The van der Waals surface area contributed by atoms with Crippen molar-refractivity contribution in [3.05, 3.63) is 0 Å². The van der Waals surface area contributed by atoms with Gasteiger partial charge in [0.25, 0.3) is 0 Å². The van der Waals surface area contributed by atoms with E-state index in [0.717, 1.165) is 12.5 Å². The predicted molar refractivity (Wildman–Crippen MR) is 24.5 cm³/mol. The first-order valence-corrected chi connectivity index (χ1v) is 2.48. The smallest absolute Gasteiger partial charge is 0.0710 e. The van der Waals surface area contributed by atoms with Crippen LogP contribution in [0.15, 0.2) is 0 Å². The molecular weight excluding hydrogens is 99.5 g/mol. The van der Waals surface area contributed by atoms with Crippen LogP contribution in [0.25, 0.3) is 0 Å². The fourth-order valence-corrected chi connectivity index (χ4v) is 0.552. The van der Waals surface area contributed by atoms with Crippen molar-refractivity contribution >= 4 is 11.9 Å². The Kier molecular flexibility index (Phi) is 1.33. The molecule has 0 aliphatic heterocycles. The summed E-state index contributed by atoms with van der Waals surface area (Å²) in [6.07, 6.45) is 2.62. The van der Waals surface area contributed by atoms with Crippen LogP contribution in [0.4, 0.5) is 0 Å². The minimum absolute atomic E-state index is 0.752. The molecule has 2 heteroatoms. The first kappa shape index (κ1) is 4.41. The lowest BCUT2D eigenvalue weighted by atomic mass is 10.5. The van der Waals surface area contributed by atoms with Crippen LogP contribution in [0.2, 0.25) is 0 Å². The highest BCUT2D eigenvalue weighted by molar-refractivity contribution is 6.07. The lowest BCUT2D eigenvalue weighted by Crippen LogP contribution is -1.82. The second-order valence-corrected chi connectivity index (χ2v) is 1.94. The molecule has 1 aliphatic carbocycles. The van der Waals surface area contributed by atoms with E-state index in [1.165, 1.54) is 12.8 Å². The van der Waals surface area contributed by atoms with Gasteiger partial charge in [0, 0.05) is 0 Å². The van der Waals surface area contributed by atoms with E-state index < -0.39 is 0 Å². The molecular formula is C4H7ClO. The maximum absolute atomic E-state index is 4.94. The first-order chi connectivity index (χ1) is 2.93. The molecule has 1 aliphatic rings. The van der Waals surface area contributed by atoms with Crippen LogP contribution in [-0.4, -0.2) is 6.61 Å². The van der Waals surface area contributed by atoms with E-state index in [0.29, 0.717) is 0 Å². The van der Waals surface area contributed by atoms with Gasteiger partial charge < -0.3 is 0 Å². The van der Waals surface area contributed by atoms with Crippen LogP contribution in [0, 0.1) is 5.92 Å². The van der Waals surface area contributed by atoms with Gasteiger partial charge in [-0.3, -0.25) is 4.29 Å². The Morgan fingerprint density at radius 1 is 1.67 bits per heavy atom. The Balaban J connectivity index is 1.88. The molecule has 0 spiro atoms. The highest BCUT2D eigenvalue weighted by atomic mass is 35.5. The molecule has 0 unspecified atom stereocenters. The average molecular weight is 107 g/mol. The predicted octanol–water partition coefficient (Wildman–Crippen LogP) is 1.57. The van der Waals surface area contributed by atoms with Crippen molar-refractivity contribution in [2.24, 2.45) is 5.92 Å². The quantitative estimate of drug-likeness (QED) is 0.519. The van der Waals surface area contributed by atoms with Gasteiger partial charge in [-0.2, -0.15) is 0 Å². The molecule has 0 aromatic heterocycles. The summed E-state index contributed by atoms with van der Waals surface area (Å²) >= 11 is 4.94. The summed E-state index contributed by atoms with van der Waals surface area (Å²) in [5.74, 6) is 0.794. The standard InChI is InChI=1S/C4H7ClO/c5-6-3-4-1-2-4/h4H,1-3H2. The van der Waals surface area contributed by atoms with E-state index in [1.54, 1.807) is 0 Å². The van der Waals surface area contributed by atoms with E-state index in [-0.39, 0.29) is 0 Å². The van der Waals surface area contributed by atoms with E-state index >= 15 is 0 Å². The molecule has 1 nitrogen and oxygen atoms in total. The minimum Gasteiger partial charge on any atom is -0.279 e. The van der Waals surface area contributed by atoms with Crippen molar-refractivity contribution in [3.63, 3.8) is 0 Å². The number of hydrogen-bond acceptors (Lipinski definition) is 1. The third kappa shape index (κ3) is 1.15. The van der Waals surface area contributed by atoms with E-state index in [1.807, 2.05) is 0 Å². The molecule has 1 saturated carbocycles. The molecule has 0 atom stereocenters. The maximum atomic E-state index is 4.94. The fourth-order valence-electron chi connectivity index (χ4n) is 0.374. The van der Waals surface area contributed by atoms with Gasteiger partial charge in [0.2, 0.25) is 0 Å². The molecule has 0 N–H and O–H groups in total. The molecule has 0 heterocycles. The lowest BCUT2D eigenvalue weighted by molar-refractivity contribution is 0.331. The van der Waals surface area contributed by atoms with Crippen LogP contribution in [0.5, 0.6) is 0 Å². The summed E-state index contributed by atoms with van der Waals surface area (Å²) in [6.45, 7) is 0.752. The molecule has 1 rings (SSSR count). The Bertz CT molecular complexity index is 42.8. The number of hydrogen-bond donors (Lipinski definition) is 0. The second-order valence-electron chi connectivity index (χ2n) is 1.72. The van der Waals surface area contributed by atoms with Gasteiger partial charge in [-0.25, -0.2) is 0 Å². The third-order valence-corrected chi connectivity index (χ3v) is 1.12. The largest absolute Gasteiger partial charge is 0.279 e. The summed E-state index contributed by atoms with van der Waals surface area (Å²) in [4.78, 5) is 0. The summed E-state index contributed by atoms with van der Waals surface area (Å²) in [6, 6.07) is 0. The zero-order valence-corrected chi connectivity index (χ0v) is 4.24. The van der Waals surface area contributed by atoms with E-state index in [2.05, 4.69) is 4.29 Å². The second kappa shape index (κ2) is 1.80. The van der Waals surface area contributed by atoms with Crippen molar-refractivity contribution < 1.29 is 4.29 Å². The van der Waals surface area contributed by atoms with Crippen LogP contribution in [0.1, 0.15) is 12.8 Å². The third-order valence-electron chi connectivity index (χ3n) is 0.996. The van der Waals surface area contributed by atoms with Crippen molar-refractivity contribution in [1.82, 2.24) is 0 Å². The summed E-state index contributed by atoms with van der Waals surface area (Å²) in [5.41, 5.74) is 0. The SMILES string of the molecule is ClOCC1CC1. The van der Waals surface area contributed by atoms with Crippen LogP contribution in [-0.2, 0) is 4.29 Å². The maximum Gasteiger partial charge on any atom is 0.0710 e. The number of halogens is 1. The molecule has 1 fully saturated rings. The van der Waals surface area contributed by atoms with Gasteiger partial charge in [-0.05, 0) is 18.8 Å². The van der Waals surface area contributed by atoms with Gasteiger partial charge in [0.15, 0.2) is 0 Å². The summed E-state index contributed by atoms with van der Waals surface area (Å²) in [7, 11) is 0.